The summed E-state index contributed by atoms with van der Waals surface area (Å²) in [7, 11) is 0. The number of carbonyl (C=O) groups excluding carboxylic acids is 1. The van der Waals surface area contributed by atoms with Crippen LogP contribution < -0.4 is 5.56 Å². The van der Waals surface area contributed by atoms with Crippen LogP contribution in [0.4, 0.5) is 0 Å². The number of aldehydes is 1. The van der Waals surface area contributed by atoms with Gasteiger partial charge in [0.15, 0.2) is 11.4 Å². The minimum atomic E-state index is -0.222. The van der Waals surface area contributed by atoms with Gasteiger partial charge in [-0.2, -0.15) is 0 Å². The average Bonchev–Trinajstić information content (AvgIpc) is 2.53. The monoisotopic (exact) mass is 182 g/mol. The molecule has 0 N–H and O–H groups in total. The van der Waals surface area contributed by atoms with Gasteiger partial charge in [0.05, 0.1) is 5.56 Å². The van der Waals surface area contributed by atoms with E-state index in [1.807, 2.05) is 0 Å². The molecule has 5 heteroatoms. The molecule has 0 atom stereocenters. The molecule has 0 saturated carbocycles. The van der Waals surface area contributed by atoms with Gasteiger partial charge in [0.25, 0.3) is 5.56 Å². The predicted octanol–water partition coefficient (Wildman–Crippen LogP) is 0.161. The summed E-state index contributed by atoms with van der Waals surface area (Å²) in [5, 5.41) is 0.714. The van der Waals surface area contributed by atoms with Crippen molar-refractivity contribution in [3.8, 4) is 0 Å². The van der Waals surface area contributed by atoms with E-state index < -0.39 is 0 Å². The van der Waals surface area contributed by atoms with E-state index in [-0.39, 0.29) is 11.1 Å². The van der Waals surface area contributed by atoms with Gasteiger partial charge in [-0.15, -0.1) is 0 Å². The van der Waals surface area contributed by atoms with E-state index >= 15 is 0 Å². The number of aromatic nitrogens is 2. The van der Waals surface area contributed by atoms with E-state index in [1.54, 1.807) is 0 Å². The first kappa shape index (κ1) is 7.54. The molecule has 0 aliphatic carbocycles. The zero-order chi connectivity index (χ0) is 8.55. The van der Waals surface area contributed by atoms with Crippen LogP contribution in [0.3, 0.4) is 0 Å². The van der Waals surface area contributed by atoms with E-state index in [4.69, 9.17) is 0 Å². The number of hydrogen-bond acceptors (Lipinski definition) is 4. The highest BCUT2D eigenvalue weighted by atomic mass is 32.2. The number of nitrogens with zero attached hydrogens (tertiary/aromatic N) is 2. The molecule has 0 aromatic carbocycles. The third kappa shape index (κ3) is 0.972. The predicted molar refractivity (Wildman–Crippen MR) is 44.6 cm³/mol. The van der Waals surface area contributed by atoms with Crippen molar-refractivity contribution < 1.29 is 4.79 Å². The fraction of sp³-hybridized carbons (Fsp3) is 0.286. The molecule has 0 bridgehead atoms. The largest absolute Gasteiger partial charge is 0.298 e. The first-order valence-electron chi connectivity index (χ1n) is 3.51. The van der Waals surface area contributed by atoms with Crippen LogP contribution in [0.25, 0.3) is 0 Å². The smallest absolute Gasteiger partial charge is 0.264 e. The molecule has 1 aromatic heterocycles. The minimum Gasteiger partial charge on any atom is -0.298 e. The van der Waals surface area contributed by atoms with Crippen LogP contribution in [0.2, 0.25) is 0 Å². The summed E-state index contributed by atoms with van der Waals surface area (Å²) in [6, 6.07) is 0. The normalized spacial score (nSPS) is 14.3. The van der Waals surface area contributed by atoms with Crippen LogP contribution >= 0.6 is 11.8 Å². The van der Waals surface area contributed by atoms with E-state index in [1.165, 1.54) is 22.5 Å². The molecular formula is C7H6N2O2S. The number of fused-ring (bicyclic) bond motifs is 1. The molecule has 2 rings (SSSR count). The number of rotatable bonds is 1. The van der Waals surface area contributed by atoms with Crippen LogP contribution in [-0.4, -0.2) is 21.6 Å². The lowest BCUT2D eigenvalue weighted by Gasteiger charge is -1.99. The highest BCUT2D eigenvalue weighted by molar-refractivity contribution is 7.99. The molecular weight excluding hydrogens is 176 g/mol. The van der Waals surface area contributed by atoms with E-state index in [0.29, 0.717) is 18.0 Å². The summed E-state index contributed by atoms with van der Waals surface area (Å²) >= 11 is 1.54. The molecule has 0 amide bonds. The van der Waals surface area contributed by atoms with Crippen molar-refractivity contribution in [1.29, 1.82) is 0 Å². The van der Waals surface area contributed by atoms with Gasteiger partial charge in [-0.1, -0.05) is 11.8 Å². The zero-order valence-corrected chi connectivity index (χ0v) is 7.00. The third-order valence-corrected chi connectivity index (χ3v) is 2.68. The van der Waals surface area contributed by atoms with Crippen molar-refractivity contribution in [3.05, 3.63) is 22.1 Å². The summed E-state index contributed by atoms with van der Waals surface area (Å²) in [6.45, 7) is 0.660. The third-order valence-electron chi connectivity index (χ3n) is 1.71. The molecule has 0 saturated heterocycles. The van der Waals surface area contributed by atoms with Crippen molar-refractivity contribution in [3.63, 3.8) is 0 Å². The zero-order valence-electron chi connectivity index (χ0n) is 6.19. The number of hydrogen-bond donors (Lipinski definition) is 0. The molecule has 0 unspecified atom stereocenters. The second-order valence-corrected chi connectivity index (χ2v) is 3.48. The maximum Gasteiger partial charge on any atom is 0.264 e. The molecule has 12 heavy (non-hydrogen) atoms. The molecule has 1 aliphatic heterocycles. The number of thioether (sulfide) groups is 1. The highest BCUT2D eigenvalue weighted by Gasteiger charge is 2.15. The molecule has 0 spiro atoms. The van der Waals surface area contributed by atoms with Crippen molar-refractivity contribution in [2.24, 2.45) is 0 Å². The Morgan fingerprint density at radius 2 is 2.50 bits per heavy atom. The van der Waals surface area contributed by atoms with Gasteiger partial charge in [0.2, 0.25) is 0 Å². The Balaban J connectivity index is 2.69. The molecule has 0 fully saturated rings. The van der Waals surface area contributed by atoms with E-state index in [0.717, 1.165) is 5.75 Å². The topological polar surface area (TPSA) is 52.0 Å². The van der Waals surface area contributed by atoms with E-state index in [2.05, 4.69) is 4.98 Å². The van der Waals surface area contributed by atoms with Crippen molar-refractivity contribution in [1.82, 2.24) is 9.55 Å². The first-order chi connectivity index (χ1) is 5.83. The Morgan fingerprint density at radius 1 is 1.67 bits per heavy atom. The molecule has 62 valence electrons. The summed E-state index contributed by atoms with van der Waals surface area (Å²) in [4.78, 5) is 25.7. The van der Waals surface area contributed by atoms with Crippen LogP contribution in [0.5, 0.6) is 0 Å². The van der Waals surface area contributed by atoms with Crippen LogP contribution in [0.1, 0.15) is 10.4 Å². The summed E-state index contributed by atoms with van der Waals surface area (Å²) in [5.41, 5.74) is -0.0822. The Kier molecular flexibility index (Phi) is 1.73. The van der Waals surface area contributed by atoms with Gasteiger partial charge in [-0.25, -0.2) is 4.98 Å². The second-order valence-electron chi connectivity index (χ2n) is 2.42. The molecule has 2 heterocycles. The van der Waals surface area contributed by atoms with Gasteiger partial charge in [0.1, 0.15) is 0 Å². The lowest BCUT2D eigenvalue weighted by Crippen LogP contribution is -2.23. The Bertz CT molecular complexity index is 385. The summed E-state index contributed by atoms with van der Waals surface area (Å²) < 4.78 is 1.54. The Hall–Kier alpha value is -1.10. The highest BCUT2D eigenvalue weighted by Crippen LogP contribution is 2.19. The molecule has 1 aromatic rings. The number of carbonyl (C=O) groups is 1. The van der Waals surface area contributed by atoms with Gasteiger partial charge in [-0.05, 0) is 0 Å². The lowest BCUT2D eigenvalue weighted by molar-refractivity contribution is 0.112. The summed E-state index contributed by atoms with van der Waals surface area (Å²) in [6.07, 6.45) is 1.88. The Labute approximate surface area is 72.6 Å². The fourth-order valence-corrected chi connectivity index (χ4v) is 2.03. The van der Waals surface area contributed by atoms with Gasteiger partial charge >= 0.3 is 0 Å². The van der Waals surface area contributed by atoms with Crippen molar-refractivity contribution in [2.45, 2.75) is 11.7 Å². The average molecular weight is 182 g/mol. The first-order valence-corrected chi connectivity index (χ1v) is 4.49. The molecule has 0 radical (unpaired) electrons. The SMILES string of the molecule is O=Cc1cnc2n(c1=O)CCS2. The fourth-order valence-electron chi connectivity index (χ4n) is 1.11. The van der Waals surface area contributed by atoms with E-state index in [9.17, 15) is 9.59 Å². The molecule has 4 nitrogen and oxygen atoms in total. The van der Waals surface area contributed by atoms with Gasteiger partial charge in [-0.3, -0.25) is 14.2 Å². The molecule has 1 aliphatic rings. The van der Waals surface area contributed by atoms with Crippen molar-refractivity contribution in [2.75, 3.05) is 5.75 Å². The quantitative estimate of drug-likeness (QED) is 0.458. The second kappa shape index (κ2) is 2.75. The minimum absolute atomic E-state index is 0.140. The summed E-state index contributed by atoms with van der Waals surface area (Å²) in [5.74, 6) is 0.866. The maximum atomic E-state index is 11.4. The van der Waals surface area contributed by atoms with Crippen molar-refractivity contribution >= 4 is 18.0 Å². The standard InChI is InChI=1S/C7H6N2O2S/c10-4-5-3-8-7-9(6(5)11)1-2-12-7/h3-4H,1-2H2. The Morgan fingerprint density at radius 3 is 3.25 bits per heavy atom. The van der Waals surface area contributed by atoms with Crippen LogP contribution in [-0.2, 0) is 6.54 Å². The van der Waals surface area contributed by atoms with Gasteiger partial charge < -0.3 is 0 Å². The van der Waals surface area contributed by atoms with Gasteiger partial charge in [0, 0.05) is 18.5 Å². The maximum absolute atomic E-state index is 11.4. The van der Waals surface area contributed by atoms with Crippen LogP contribution in [0.15, 0.2) is 16.1 Å². The lowest BCUT2D eigenvalue weighted by atomic mass is 10.4. The van der Waals surface area contributed by atoms with Crippen LogP contribution in [0, 0.1) is 0 Å².